The molecule has 0 aliphatic carbocycles. The third-order valence-corrected chi connectivity index (χ3v) is 2.46. The second kappa shape index (κ2) is 6.41. The predicted octanol–water partition coefficient (Wildman–Crippen LogP) is 1.82. The molecule has 0 saturated carbocycles. The van der Waals surface area contributed by atoms with Gasteiger partial charge in [-0.1, -0.05) is 0 Å². The van der Waals surface area contributed by atoms with E-state index in [9.17, 15) is 10.1 Å². The quantitative estimate of drug-likeness (QED) is 0.611. The van der Waals surface area contributed by atoms with Crippen molar-refractivity contribution < 1.29 is 4.92 Å². The number of hydrogen-bond donors (Lipinski definition) is 2. The van der Waals surface area contributed by atoms with Gasteiger partial charge in [-0.25, -0.2) is 4.98 Å². The SMILES string of the molecule is CCNc1cc([N+](=O)[O-])cc(NCc2cccnn2)n1. The van der Waals surface area contributed by atoms with E-state index in [1.807, 2.05) is 13.0 Å². The van der Waals surface area contributed by atoms with Gasteiger partial charge in [0.05, 0.1) is 29.3 Å². The fraction of sp³-hybridized carbons (Fsp3) is 0.250. The maximum absolute atomic E-state index is 10.9. The first kappa shape index (κ1) is 13.7. The number of nitrogens with zero attached hydrogens (tertiary/aromatic N) is 4. The Labute approximate surface area is 115 Å². The molecule has 2 aromatic rings. The monoisotopic (exact) mass is 274 g/mol. The van der Waals surface area contributed by atoms with Gasteiger partial charge in [-0.05, 0) is 19.1 Å². The third kappa shape index (κ3) is 3.61. The van der Waals surface area contributed by atoms with Gasteiger partial charge in [-0.3, -0.25) is 10.1 Å². The maximum atomic E-state index is 10.9. The lowest BCUT2D eigenvalue weighted by atomic mass is 10.3. The van der Waals surface area contributed by atoms with Crippen LogP contribution in [0.15, 0.2) is 30.5 Å². The summed E-state index contributed by atoms with van der Waals surface area (Å²) in [7, 11) is 0. The van der Waals surface area contributed by atoms with E-state index in [0.29, 0.717) is 24.7 Å². The summed E-state index contributed by atoms with van der Waals surface area (Å²) in [6.07, 6.45) is 1.58. The summed E-state index contributed by atoms with van der Waals surface area (Å²) in [4.78, 5) is 14.7. The molecule has 0 aliphatic heterocycles. The van der Waals surface area contributed by atoms with Gasteiger partial charge in [0, 0.05) is 12.7 Å². The van der Waals surface area contributed by atoms with Crippen molar-refractivity contribution in [1.82, 2.24) is 15.2 Å². The number of anilines is 2. The first-order valence-corrected chi connectivity index (χ1v) is 6.10. The van der Waals surface area contributed by atoms with Gasteiger partial charge in [-0.2, -0.15) is 10.2 Å². The van der Waals surface area contributed by atoms with Gasteiger partial charge in [0.2, 0.25) is 0 Å². The van der Waals surface area contributed by atoms with Gasteiger partial charge in [0.1, 0.15) is 11.6 Å². The Morgan fingerprint density at radius 2 is 2.05 bits per heavy atom. The minimum atomic E-state index is -0.448. The second-order valence-electron chi connectivity index (χ2n) is 3.95. The minimum Gasteiger partial charge on any atom is -0.370 e. The van der Waals surface area contributed by atoms with Gasteiger partial charge >= 0.3 is 0 Å². The standard InChI is InChI=1S/C12H14N6O2/c1-2-13-11-6-10(18(19)20)7-12(16-11)14-8-9-4-3-5-15-17-9/h3-7H,2,8H2,1H3,(H2,13,14,16). The Morgan fingerprint density at radius 3 is 2.65 bits per heavy atom. The topological polar surface area (TPSA) is 106 Å². The Morgan fingerprint density at radius 1 is 1.30 bits per heavy atom. The molecule has 0 fully saturated rings. The highest BCUT2D eigenvalue weighted by Gasteiger charge is 2.11. The lowest BCUT2D eigenvalue weighted by Crippen LogP contribution is -2.07. The Bertz CT molecular complexity index is 590. The molecule has 0 spiro atoms. The molecule has 0 aromatic carbocycles. The summed E-state index contributed by atoms with van der Waals surface area (Å²) >= 11 is 0. The van der Waals surface area contributed by atoms with Crippen LogP contribution in [0.5, 0.6) is 0 Å². The number of nitrogens with one attached hydrogen (secondary N) is 2. The molecule has 8 heteroatoms. The molecule has 2 aromatic heterocycles. The van der Waals surface area contributed by atoms with Crippen LogP contribution < -0.4 is 10.6 Å². The van der Waals surface area contributed by atoms with Crippen molar-refractivity contribution in [3.05, 3.63) is 46.3 Å². The molecule has 0 atom stereocenters. The number of rotatable bonds is 6. The Balaban J connectivity index is 2.15. The van der Waals surface area contributed by atoms with Crippen LogP contribution in [-0.4, -0.2) is 26.6 Å². The van der Waals surface area contributed by atoms with E-state index in [1.54, 1.807) is 12.3 Å². The summed E-state index contributed by atoms with van der Waals surface area (Å²) in [6, 6.07) is 6.37. The zero-order valence-electron chi connectivity index (χ0n) is 10.9. The number of hydrogen-bond acceptors (Lipinski definition) is 7. The molecule has 2 heterocycles. The molecule has 104 valence electrons. The molecule has 0 radical (unpaired) electrons. The van der Waals surface area contributed by atoms with Gasteiger partial charge in [-0.15, -0.1) is 0 Å². The number of aromatic nitrogens is 3. The fourth-order valence-corrected chi connectivity index (χ4v) is 1.59. The summed E-state index contributed by atoms with van der Waals surface area (Å²) in [6.45, 7) is 2.93. The highest BCUT2D eigenvalue weighted by Crippen LogP contribution is 2.20. The lowest BCUT2D eigenvalue weighted by molar-refractivity contribution is -0.384. The van der Waals surface area contributed by atoms with E-state index in [1.165, 1.54) is 12.1 Å². The Kier molecular flexibility index (Phi) is 4.38. The van der Waals surface area contributed by atoms with Crippen LogP contribution in [0.1, 0.15) is 12.6 Å². The fourth-order valence-electron chi connectivity index (χ4n) is 1.59. The molecule has 0 saturated heterocycles. The third-order valence-electron chi connectivity index (χ3n) is 2.46. The Hall–Kier alpha value is -2.77. The van der Waals surface area contributed by atoms with E-state index in [-0.39, 0.29) is 5.69 Å². The molecule has 20 heavy (non-hydrogen) atoms. The highest BCUT2D eigenvalue weighted by molar-refractivity contribution is 5.54. The zero-order chi connectivity index (χ0) is 14.4. The van der Waals surface area contributed by atoms with Gasteiger partial charge < -0.3 is 10.6 Å². The van der Waals surface area contributed by atoms with Crippen molar-refractivity contribution in [1.29, 1.82) is 0 Å². The van der Waals surface area contributed by atoms with Crippen LogP contribution in [0.3, 0.4) is 0 Å². The largest absolute Gasteiger partial charge is 0.370 e. The van der Waals surface area contributed by atoms with Crippen LogP contribution in [0.2, 0.25) is 0 Å². The van der Waals surface area contributed by atoms with Crippen LogP contribution in [0.25, 0.3) is 0 Å². The van der Waals surface area contributed by atoms with Crippen molar-refractivity contribution in [3.63, 3.8) is 0 Å². The number of pyridine rings is 1. The van der Waals surface area contributed by atoms with E-state index in [2.05, 4.69) is 25.8 Å². The average Bonchev–Trinajstić information content (AvgIpc) is 2.46. The molecule has 2 N–H and O–H groups in total. The van der Waals surface area contributed by atoms with Crippen LogP contribution in [-0.2, 0) is 6.54 Å². The van der Waals surface area contributed by atoms with E-state index in [0.717, 1.165) is 5.69 Å². The summed E-state index contributed by atoms with van der Waals surface area (Å²) in [5.74, 6) is 0.879. The molecule has 0 unspecified atom stereocenters. The van der Waals surface area contributed by atoms with E-state index >= 15 is 0 Å². The molecule has 2 rings (SSSR count). The molecular weight excluding hydrogens is 260 g/mol. The predicted molar refractivity (Wildman–Crippen MR) is 74.4 cm³/mol. The maximum Gasteiger partial charge on any atom is 0.276 e. The number of nitro groups is 1. The van der Waals surface area contributed by atoms with Crippen molar-refractivity contribution in [2.24, 2.45) is 0 Å². The molecule has 8 nitrogen and oxygen atoms in total. The molecule has 0 aliphatic rings. The normalized spacial score (nSPS) is 10.1. The molecule has 0 bridgehead atoms. The minimum absolute atomic E-state index is 0.0161. The van der Waals surface area contributed by atoms with Crippen LogP contribution in [0.4, 0.5) is 17.3 Å². The second-order valence-corrected chi connectivity index (χ2v) is 3.95. The summed E-state index contributed by atoms with van der Waals surface area (Å²) in [5.41, 5.74) is 0.711. The lowest BCUT2D eigenvalue weighted by Gasteiger charge is -2.08. The van der Waals surface area contributed by atoms with Crippen molar-refractivity contribution in [2.45, 2.75) is 13.5 Å². The zero-order valence-corrected chi connectivity index (χ0v) is 10.9. The van der Waals surface area contributed by atoms with E-state index in [4.69, 9.17) is 0 Å². The first-order chi connectivity index (χ1) is 9.69. The van der Waals surface area contributed by atoms with Crippen LogP contribution >= 0.6 is 0 Å². The molecule has 0 amide bonds. The van der Waals surface area contributed by atoms with Crippen molar-refractivity contribution >= 4 is 17.3 Å². The molecular formula is C12H14N6O2. The van der Waals surface area contributed by atoms with Crippen molar-refractivity contribution in [3.8, 4) is 0 Å². The van der Waals surface area contributed by atoms with E-state index < -0.39 is 4.92 Å². The van der Waals surface area contributed by atoms with Gasteiger partial charge in [0.15, 0.2) is 0 Å². The van der Waals surface area contributed by atoms with Gasteiger partial charge in [0.25, 0.3) is 5.69 Å². The smallest absolute Gasteiger partial charge is 0.276 e. The van der Waals surface area contributed by atoms with Crippen LogP contribution in [0, 0.1) is 10.1 Å². The van der Waals surface area contributed by atoms with Crippen molar-refractivity contribution in [2.75, 3.05) is 17.2 Å². The summed E-state index contributed by atoms with van der Waals surface area (Å²) in [5, 5.41) is 24.5. The highest BCUT2D eigenvalue weighted by atomic mass is 16.6. The summed E-state index contributed by atoms with van der Waals surface area (Å²) < 4.78 is 0. The average molecular weight is 274 g/mol. The first-order valence-electron chi connectivity index (χ1n) is 6.10.